The van der Waals surface area contributed by atoms with Crippen LogP contribution in [0.3, 0.4) is 0 Å². The molecule has 0 saturated carbocycles. The molecule has 0 aliphatic heterocycles. The van der Waals surface area contributed by atoms with Crippen molar-refractivity contribution in [3.63, 3.8) is 0 Å². The first-order chi connectivity index (χ1) is 5.63. The summed E-state index contributed by atoms with van der Waals surface area (Å²) in [6.07, 6.45) is 0. The van der Waals surface area contributed by atoms with Gasteiger partial charge in [-0.15, -0.1) is 0 Å². The molecule has 0 aromatic heterocycles. The monoisotopic (exact) mass is 170 g/mol. The second-order valence-electron chi connectivity index (χ2n) is 2.58. The van der Waals surface area contributed by atoms with Crippen molar-refractivity contribution in [1.29, 1.82) is 0 Å². The van der Waals surface area contributed by atoms with Crippen LogP contribution < -0.4 is 11.5 Å². The predicted molar refractivity (Wildman–Crippen MR) is 44.0 cm³/mol. The van der Waals surface area contributed by atoms with Crippen molar-refractivity contribution in [3.05, 3.63) is 29.6 Å². The summed E-state index contributed by atoms with van der Waals surface area (Å²) >= 11 is 0. The molecule has 0 spiro atoms. The van der Waals surface area contributed by atoms with Gasteiger partial charge in [-0.1, -0.05) is 0 Å². The third-order valence-corrected chi connectivity index (χ3v) is 1.59. The van der Waals surface area contributed by atoms with Gasteiger partial charge in [-0.25, -0.2) is 4.39 Å². The van der Waals surface area contributed by atoms with Gasteiger partial charge in [0.05, 0.1) is 0 Å². The molecule has 1 rings (SSSR count). The third-order valence-electron chi connectivity index (χ3n) is 1.59. The Morgan fingerprint density at radius 1 is 1.42 bits per heavy atom. The number of hydrogen-bond donors (Lipinski definition) is 3. The Kier molecular flexibility index (Phi) is 2.62. The molecular formula is C8H11FN2O. The van der Waals surface area contributed by atoms with E-state index in [1.807, 2.05) is 0 Å². The Morgan fingerprint density at radius 2 is 2.08 bits per heavy atom. The Labute approximate surface area is 69.8 Å². The van der Waals surface area contributed by atoms with Gasteiger partial charge in [0.1, 0.15) is 11.6 Å². The van der Waals surface area contributed by atoms with Crippen LogP contribution in [0, 0.1) is 5.82 Å². The molecule has 0 radical (unpaired) electrons. The molecule has 0 saturated heterocycles. The lowest BCUT2D eigenvalue weighted by molar-refractivity contribution is 0.467. The molecule has 0 heterocycles. The molecule has 0 aliphatic carbocycles. The summed E-state index contributed by atoms with van der Waals surface area (Å²) in [6.45, 7) is 0.225. The normalized spacial score (nSPS) is 12.9. The Hall–Kier alpha value is -1.13. The van der Waals surface area contributed by atoms with E-state index in [4.69, 9.17) is 16.6 Å². The Bertz CT molecular complexity index is 258. The van der Waals surface area contributed by atoms with Crippen molar-refractivity contribution >= 4 is 0 Å². The van der Waals surface area contributed by atoms with Gasteiger partial charge in [-0.3, -0.25) is 0 Å². The zero-order valence-electron chi connectivity index (χ0n) is 6.50. The number of benzene rings is 1. The highest BCUT2D eigenvalue weighted by Crippen LogP contribution is 2.18. The molecule has 0 fully saturated rings. The standard InChI is InChI=1S/C8H11FN2O/c9-6-1-5(8(11)4-10)2-7(12)3-6/h1-3,8,12H,4,10-11H2/t8-/m1/s1. The van der Waals surface area contributed by atoms with Crippen molar-refractivity contribution in [1.82, 2.24) is 0 Å². The maximum absolute atomic E-state index is 12.7. The summed E-state index contributed by atoms with van der Waals surface area (Å²) in [4.78, 5) is 0. The summed E-state index contributed by atoms with van der Waals surface area (Å²) in [7, 11) is 0. The van der Waals surface area contributed by atoms with E-state index < -0.39 is 11.9 Å². The molecule has 5 N–H and O–H groups in total. The van der Waals surface area contributed by atoms with Gasteiger partial charge < -0.3 is 16.6 Å². The number of rotatable bonds is 2. The zero-order valence-corrected chi connectivity index (χ0v) is 6.50. The van der Waals surface area contributed by atoms with Crippen LogP contribution in [-0.4, -0.2) is 11.7 Å². The van der Waals surface area contributed by atoms with E-state index in [0.717, 1.165) is 6.07 Å². The fourth-order valence-electron chi connectivity index (χ4n) is 0.946. The summed E-state index contributed by atoms with van der Waals surface area (Å²) < 4.78 is 12.7. The van der Waals surface area contributed by atoms with Crippen molar-refractivity contribution in [2.24, 2.45) is 11.5 Å². The molecule has 3 nitrogen and oxygen atoms in total. The first-order valence-corrected chi connectivity index (χ1v) is 3.58. The van der Waals surface area contributed by atoms with Gasteiger partial charge in [0.2, 0.25) is 0 Å². The predicted octanol–water partition coefficient (Wildman–Crippen LogP) is 0.490. The average Bonchev–Trinajstić information content (AvgIpc) is 2.01. The minimum atomic E-state index is -0.506. The molecule has 66 valence electrons. The highest BCUT2D eigenvalue weighted by Gasteiger charge is 2.06. The summed E-state index contributed by atoms with van der Waals surface area (Å²) in [6, 6.07) is 3.26. The Balaban J connectivity index is 3.00. The van der Waals surface area contributed by atoms with Crippen LogP contribution in [0.4, 0.5) is 4.39 Å². The average molecular weight is 170 g/mol. The number of phenolic OH excluding ortho intramolecular Hbond substituents is 1. The number of nitrogens with two attached hydrogens (primary N) is 2. The van der Waals surface area contributed by atoms with Gasteiger partial charge in [0.25, 0.3) is 0 Å². The highest BCUT2D eigenvalue weighted by molar-refractivity contribution is 5.30. The van der Waals surface area contributed by atoms with E-state index >= 15 is 0 Å². The molecule has 1 aromatic carbocycles. The molecule has 4 heteroatoms. The van der Waals surface area contributed by atoms with Crippen molar-refractivity contribution in [2.75, 3.05) is 6.54 Å². The second-order valence-corrected chi connectivity index (χ2v) is 2.58. The van der Waals surface area contributed by atoms with Gasteiger partial charge in [0.15, 0.2) is 0 Å². The van der Waals surface area contributed by atoms with Crippen LogP contribution in [-0.2, 0) is 0 Å². The zero-order chi connectivity index (χ0) is 9.14. The molecular weight excluding hydrogens is 159 g/mol. The molecule has 1 atom stereocenters. The molecule has 0 amide bonds. The summed E-state index contributed by atoms with van der Waals surface area (Å²) in [5, 5.41) is 9.00. The smallest absolute Gasteiger partial charge is 0.127 e. The van der Waals surface area contributed by atoms with Crippen molar-refractivity contribution in [3.8, 4) is 5.75 Å². The maximum Gasteiger partial charge on any atom is 0.127 e. The van der Waals surface area contributed by atoms with Gasteiger partial charge in [0, 0.05) is 18.7 Å². The van der Waals surface area contributed by atoms with Crippen LogP contribution in [0.15, 0.2) is 18.2 Å². The SMILES string of the molecule is NC[C@@H](N)c1cc(O)cc(F)c1. The van der Waals surface area contributed by atoms with E-state index in [9.17, 15) is 4.39 Å². The first-order valence-electron chi connectivity index (χ1n) is 3.58. The molecule has 0 unspecified atom stereocenters. The van der Waals surface area contributed by atoms with Crippen LogP contribution >= 0.6 is 0 Å². The van der Waals surface area contributed by atoms with Crippen molar-refractivity contribution in [2.45, 2.75) is 6.04 Å². The highest BCUT2D eigenvalue weighted by atomic mass is 19.1. The lowest BCUT2D eigenvalue weighted by atomic mass is 10.1. The largest absolute Gasteiger partial charge is 0.508 e. The lowest BCUT2D eigenvalue weighted by Crippen LogP contribution is -2.20. The van der Waals surface area contributed by atoms with E-state index in [-0.39, 0.29) is 12.3 Å². The number of halogens is 1. The van der Waals surface area contributed by atoms with E-state index in [2.05, 4.69) is 0 Å². The fraction of sp³-hybridized carbons (Fsp3) is 0.250. The number of hydrogen-bond acceptors (Lipinski definition) is 3. The molecule has 0 bridgehead atoms. The maximum atomic E-state index is 12.7. The van der Waals surface area contributed by atoms with Crippen molar-refractivity contribution < 1.29 is 9.50 Å². The lowest BCUT2D eigenvalue weighted by Gasteiger charge is -2.08. The van der Waals surface area contributed by atoms with Crippen LogP contribution in [0.1, 0.15) is 11.6 Å². The van der Waals surface area contributed by atoms with E-state index in [1.54, 1.807) is 0 Å². The Morgan fingerprint density at radius 3 is 2.58 bits per heavy atom. The number of aromatic hydroxyl groups is 1. The van der Waals surface area contributed by atoms with Gasteiger partial charge in [-0.05, 0) is 17.7 Å². The molecule has 12 heavy (non-hydrogen) atoms. The quantitative estimate of drug-likeness (QED) is 0.604. The second kappa shape index (κ2) is 3.51. The first kappa shape index (κ1) is 8.96. The third kappa shape index (κ3) is 1.93. The molecule has 0 aliphatic rings. The minimum absolute atomic E-state index is 0.131. The van der Waals surface area contributed by atoms with E-state index in [1.165, 1.54) is 12.1 Å². The van der Waals surface area contributed by atoms with Gasteiger partial charge in [-0.2, -0.15) is 0 Å². The minimum Gasteiger partial charge on any atom is -0.508 e. The van der Waals surface area contributed by atoms with Crippen LogP contribution in [0.5, 0.6) is 5.75 Å². The molecule has 1 aromatic rings. The fourth-order valence-corrected chi connectivity index (χ4v) is 0.946. The van der Waals surface area contributed by atoms with Crippen LogP contribution in [0.25, 0.3) is 0 Å². The van der Waals surface area contributed by atoms with Gasteiger partial charge >= 0.3 is 0 Å². The van der Waals surface area contributed by atoms with Crippen LogP contribution in [0.2, 0.25) is 0 Å². The summed E-state index contributed by atoms with van der Waals surface area (Å²) in [5.41, 5.74) is 11.3. The number of phenols is 1. The van der Waals surface area contributed by atoms with E-state index in [0.29, 0.717) is 5.56 Å². The topological polar surface area (TPSA) is 72.3 Å². The summed E-state index contributed by atoms with van der Waals surface area (Å²) in [5.74, 6) is -0.636.